The molecule has 0 aliphatic carbocycles. The lowest BCUT2D eigenvalue weighted by atomic mass is 10.2. The predicted octanol–water partition coefficient (Wildman–Crippen LogP) is 1.59. The summed E-state index contributed by atoms with van der Waals surface area (Å²) in [6, 6.07) is 1.34. The number of thiophene rings is 1. The Hall–Kier alpha value is -1.64. The van der Waals surface area contributed by atoms with Crippen molar-refractivity contribution in [3.05, 3.63) is 17.0 Å². The third-order valence-corrected chi connectivity index (χ3v) is 3.98. The Balaban J connectivity index is 2.49. The summed E-state index contributed by atoms with van der Waals surface area (Å²) in [5, 5.41) is 10.3. The van der Waals surface area contributed by atoms with Crippen molar-refractivity contribution in [3.63, 3.8) is 0 Å². The quantitative estimate of drug-likeness (QED) is 0.636. The van der Waals surface area contributed by atoms with Gasteiger partial charge in [-0.25, -0.2) is 4.79 Å². The van der Waals surface area contributed by atoms with Crippen molar-refractivity contribution in [1.29, 1.82) is 0 Å². The van der Waals surface area contributed by atoms with E-state index >= 15 is 0 Å². The molecule has 0 radical (unpaired) electrons. The number of ether oxygens (including phenoxy) is 1. The average Bonchev–Trinajstić information content (AvgIpc) is 2.97. The Bertz CT molecular complexity index is 505. The number of nitrogens with zero attached hydrogens (tertiary/aromatic N) is 1. The molecular weight excluding hydrogens is 316 g/mol. The number of anilines is 1. The molecule has 0 aliphatic heterocycles. The first-order valence-corrected chi connectivity index (χ1v) is 8.46. The van der Waals surface area contributed by atoms with E-state index in [1.807, 2.05) is 21.0 Å². The number of carbonyl (C=O) groups excluding carboxylic acids is 2. The molecule has 1 rings (SSSR count). The fourth-order valence-corrected chi connectivity index (χ4v) is 2.74. The van der Waals surface area contributed by atoms with Crippen molar-refractivity contribution >= 4 is 28.3 Å². The molecule has 0 bridgehead atoms. The minimum atomic E-state index is -0.341. The zero-order valence-corrected chi connectivity index (χ0v) is 15.0. The normalized spacial score (nSPS) is 12.0. The van der Waals surface area contributed by atoms with E-state index in [0.717, 1.165) is 13.0 Å². The monoisotopic (exact) mass is 342 g/mol. The minimum Gasteiger partial charge on any atom is -0.377 e. The van der Waals surface area contributed by atoms with Crippen molar-refractivity contribution in [2.24, 2.45) is 0 Å². The second kappa shape index (κ2) is 10.2. The molecule has 1 heterocycles. The molecule has 0 spiro atoms. The molecule has 23 heavy (non-hydrogen) atoms. The maximum absolute atomic E-state index is 12.0. The molecule has 0 saturated carbocycles. The Morgan fingerprint density at radius 1 is 1.39 bits per heavy atom. The highest BCUT2D eigenvalue weighted by molar-refractivity contribution is 7.14. The second-order valence-corrected chi connectivity index (χ2v) is 6.16. The molecule has 130 valence electrons. The van der Waals surface area contributed by atoms with Crippen molar-refractivity contribution < 1.29 is 14.3 Å². The summed E-state index contributed by atoms with van der Waals surface area (Å²) in [6.45, 7) is 3.85. The first-order chi connectivity index (χ1) is 11.0. The smallest absolute Gasteiger partial charge is 0.319 e. The van der Waals surface area contributed by atoms with E-state index in [1.54, 1.807) is 18.5 Å². The third-order valence-electron chi connectivity index (χ3n) is 3.15. The van der Waals surface area contributed by atoms with Crippen molar-refractivity contribution in [2.45, 2.75) is 19.4 Å². The SMILES string of the molecule is CCOC(CCN(C)C)CNC(=O)Nc1sccc1C(=O)NC. The lowest BCUT2D eigenvalue weighted by Crippen LogP contribution is -2.38. The van der Waals surface area contributed by atoms with Gasteiger partial charge >= 0.3 is 6.03 Å². The second-order valence-electron chi connectivity index (χ2n) is 5.25. The van der Waals surface area contributed by atoms with E-state index in [2.05, 4.69) is 20.9 Å². The molecule has 1 unspecified atom stereocenters. The van der Waals surface area contributed by atoms with E-state index < -0.39 is 0 Å². The van der Waals surface area contributed by atoms with Crippen LogP contribution < -0.4 is 16.0 Å². The highest BCUT2D eigenvalue weighted by atomic mass is 32.1. The predicted molar refractivity (Wildman–Crippen MR) is 93.3 cm³/mol. The summed E-state index contributed by atoms with van der Waals surface area (Å²) >= 11 is 1.31. The molecule has 0 aliphatic rings. The molecule has 1 aromatic heterocycles. The number of nitrogens with one attached hydrogen (secondary N) is 3. The van der Waals surface area contributed by atoms with Crippen molar-refractivity contribution in [1.82, 2.24) is 15.5 Å². The third kappa shape index (κ3) is 6.98. The first kappa shape index (κ1) is 19.4. The van der Waals surface area contributed by atoms with Gasteiger partial charge in [-0.05, 0) is 38.9 Å². The van der Waals surface area contributed by atoms with E-state index in [1.165, 1.54) is 11.3 Å². The molecule has 0 fully saturated rings. The van der Waals surface area contributed by atoms with Gasteiger partial charge in [-0.3, -0.25) is 10.1 Å². The Morgan fingerprint density at radius 2 is 2.13 bits per heavy atom. The maximum atomic E-state index is 12.0. The van der Waals surface area contributed by atoms with Crippen LogP contribution in [0.15, 0.2) is 11.4 Å². The zero-order chi connectivity index (χ0) is 17.2. The summed E-state index contributed by atoms with van der Waals surface area (Å²) < 4.78 is 5.63. The lowest BCUT2D eigenvalue weighted by Gasteiger charge is -2.20. The van der Waals surface area contributed by atoms with E-state index in [4.69, 9.17) is 4.74 Å². The van der Waals surface area contributed by atoms with E-state index in [-0.39, 0.29) is 18.0 Å². The summed E-state index contributed by atoms with van der Waals surface area (Å²) in [5.41, 5.74) is 0.460. The van der Waals surface area contributed by atoms with Crippen molar-refractivity contribution in [2.75, 3.05) is 46.2 Å². The topological polar surface area (TPSA) is 82.7 Å². The molecule has 0 aromatic carbocycles. The van der Waals surface area contributed by atoms with Crippen LogP contribution in [0.25, 0.3) is 0 Å². The van der Waals surface area contributed by atoms with Crippen molar-refractivity contribution in [3.8, 4) is 0 Å². The first-order valence-electron chi connectivity index (χ1n) is 7.58. The van der Waals surface area contributed by atoms with Crippen LogP contribution in [0.1, 0.15) is 23.7 Å². The minimum absolute atomic E-state index is 0.0325. The highest BCUT2D eigenvalue weighted by Crippen LogP contribution is 2.22. The van der Waals surface area contributed by atoms with Gasteiger partial charge in [-0.1, -0.05) is 0 Å². The molecule has 0 saturated heterocycles. The molecule has 3 N–H and O–H groups in total. The molecule has 8 heteroatoms. The Labute approximate surface area is 141 Å². The Kier molecular flexibility index (Phi) is 8.60. The number of rotatable bonds is 9. The fraction of sp³-hybridized carbons (Fsp3) is 0.600. The van der Waals surface area contributed by atoms with Crippen LogP contribution in [0.2, 0.25) is 0 Å². The van der Waals surface area contributed by atoms with Crippen LogP contribution in [0.5, 0.6) is 0 Å². The molecular formula is C15H26N4O3S. The van der Waals surface area contributed by atoms with Gasteiger partial charge in [0.05, 0.1) is 11.7 Å². The lowest BCUT2D eigenvalue weighted by molar-refractivity contribution is 0.0538. The summed E-state index contributed by atoms with van der Waals surface area (Å²) in [5.74, 6) is -0.222. The largest absolute Gasteiger partial charge is 0.377 e. The highest BCUT2D eigenvalue weighted by Gasteiger charge is 2.15. The number of amides is 3. The van der Waals surface area contributed by atoms with Crippen LogP contribution in [0.3, 0.4) is 0 Å². The number of hydrogen-bond acceptors (Lipinski definition) is 5. The molecule has 1 aromatic rings. The van der Waals surface area contributed by atoms with Crippen LogP contribution >= 0.6 is 11.3 Å². The molecule has 7 nitrogen and oxygen atoms in total. The van der Waals surface area contributed by atoms with E-state index in [9.17, 15) is 9.59 Å². The van der Waals surface area contributed by atoms with Gasteiger partial charge in [0.1, 0.15) is 5.00 Å². The van der Waals surface area contributed by atoms with Gasteiger partial charge in [0.15, 0.2) is 0 Å². The van der Waals surface area contributed by atoms with E-state index in [0.29, 0.717) is 23.7 Å². The Morgan fingerprint density at radius 3 is 2.74 bits per heavy atom. The van der Waals surface area contributed by atoms with Crippen LogP contribution in [-0.2, 0) is 4.74 Å². The standard InChI is InChI=1S/C15H26N4O3S/c1-5-22-11(6-8-19(3)4)10-17-15(21)18-14-12(7-9-23-14)13(20)16-2/h7,9,11H,5-6,8,10H2,1-4H3,(H,16,20)(H2,17,18,21). The maximum Gasteiger partial charge on any atom is 0.319 e. The number of urea groups is 1. The van der Waals surface area contributed by atoms with Gasteiger partial charge in [0.2, 0.25) is 0 Å². The van der Waals surface area contributed by atoms with Crippen LogP contribution in [0.4, 0.5) is 9.80 Å². The van der Waals surface area contributed by atoms with Crippen LogP contribution in [0, 0.1) is 0 Å². The van der Waals surface area contributed by atoms with Gasteiger partial charge in [0.25, 0.3) is 5.91 Å². The molecule has 3 amide bonds. The zero-order valence-electron chi connectivity index (χ0n) is 14.1. The van der Waals surface area contributed by atoms with Crippen LogP contribution in [-0.4, -0.2) is 63.8 Å². The number of carbonyl (C=O) groups is 2. The summed E-state index contributed by atoms with van der Waals surface area (Å²) in [6.07, 6.45) is 0.804. The van der Waals surface area contributed by atoms with Gasteiger partial charge in [-0.15, -0.1) is 11.3 Å². The van der Waals surface area contributed by atoms with Gasteiger partial charge in [0, 0.05) is 26.7 Å². The molecule has 1 atom stereocenters. The fourth-order valence-electron chi connectivity index (χ4n) is 1.96. The summed E-state index contributed by atoms with van der Waals surface area (Å²) in [7, 11) is 5.56. The van der Waals surface area contributed by atoms with Gasteiger partial charge in [-0.2, -0.15) is 0 Å². The van der Waals surface area contributed by atoms with Gasteiger partial charge < -0.3 is 20.3 Å². The summed E-state index contributed by atoms with van der Waals surface area (Å²) in [4.78, 5) is 25.8. The average molecular weight is 342 g/mol. The number of hydrogen-bond donors (Lipinski definition) is 3.